The lowest BCUT2D eigenvalue weighted by Gasteiger charge is -2.35. The second-order valence-electron chi connectivity index (χ2n) is 5.86. The standard InChI is InChI=1S/C15H27NO2S/c17-9-8-16(14-6-10-19-11-7-14)15(18)12-13-4-2-1-3-5-13/h13-14,17H,1-12H2. The van der Waals surface area contributed by atoms with Crippen molar-refractivity contribution in [2.75, 3.05) is 24.7 Å². The molecule has 1 heterocycles. The second-order valence-corrected chi connectivity index (χ2v) is 7.09. The zero-order valence-electron chi connectivity index (χ0n) is 11.9. The first-order valence-corrected chi connectivity index (χ1v) is 8.95. The van der Waals surface area contributed by atoms with Gasteiger partial charge in [0.15, 0.2) is 0 Å². The minimum atomic E-state index is 0.0973. The van der Waals surface area contributed by atoms with Crippen LogP contribution in [0.2, 0.25) is 0 Å². The number of carbonyl (C=O) groups excluding carboxylic acids is 1. The van der Waals surface area contributed by atoms with Crippen molar-refractivity contribution in [2.45, 2.75) is 57.4 Å². The van der Waals surface area contributed by atoms with Gasteiger partial charge in [-0.05, 0) is 43.1 Å². The second kappa shape index (κ2) is 8.15. The molecule has 1 saturated heterocycles. The SMILES string of the molecule is O=C(CC1CCCCC1)N(CCO)C1CCSCC1. The van der Waals surface area contributed by atoms with Crippen molar-refractivity contribution < 1.29 is 9.90 Å². The summed E-state index contributed by atoms with van der Waals surface area (Å²) in [5.74, 6) is 3.20. The fourth-order valence-corrected chi connectivity index (χ4v) is 4.45. The van der Waals surface area contributed by atoms with E-state index in [2.05, 4.69) is 0 Å². The number of amides is 1. The van der Waals surface area contributed by atoms with Crippen molar-refractivity contribution in [1.29, 1.82) is 0 Å². The third-order valence-electron chi connectivity index (χ3n) is 4.48. The van der Waals surface area contributed by atoms with Crippen LogP contribution in [0.3, 0.4) is 0 Å². The molecule has 110 valence electrons. The summed E-state index contributed by atoms with van der Waals surface area (Å²) in [6.45, 7) is 0.626. The Balaban J connectivity index is 1.87. The van der Waals surface area contributed by atoms with E-state index in [0.717, 1.165) is 24.3 Å². The molecule has 0 aromatic heterocycles. The average molecular weight is 285 g/mol. The molecule has 2 fully saturated rings. The van der Waals surface area contributed by atoms with Crippen LogP contribution in [0.5, 0.6) is 0 Å². The monoisotopic (exact) mass is 285 g/mol. The summed E-state index contributed by atoms with van der Waals surface area (Å²) in [5.41, 5.74) is 0. The molecule has 1 N–H and O–H groups in total. The molecular formula is C15H27NO2S. The van der Waals surface area contributed by atoms with Crippen molar-refractivity contribution in [3.63, 3.8) is 0 Å². The Hall–Kier alpha value is -0.220. The van der Waals surface area contributed by atoms with Gasteiger partial charge in [0.2, 0.25) is 5.91 Å². The Morgan fingerprint density at radius 1 is 1.11 bits per heavy atom. The maximum absolute atomic E-state index is 12.5. The first-order valence-electron chi connectivity index (χ1n) is 7.79. The molecule has 4 heteroatoms. The lowest BCUT2D eigenvalue weighted by Crippen LogP contribution is -2.44. The highest BCUT2D eigenvalue weighted by atomic mass is 32.2. The molecule has 1 saturated carbocycles. The molecule has 0 unspecified atom stereocenters. The van der Waals surface area contributed by atoms with Gasteiger partial charge in [-0.25, -0.2) is 0 Å². The van der Waals surface area contributed by atoms with Crippen LogP contribution in [0.15, 0.2) is 0 Å². The van der Waals surface area contributed by atoms with Gasteiger partial charge in [0.25, 0.3) is 0 Å². The predicted molar refractivity (Wildman–Crippen MR) is 80.3 cm³/mol. The van der Waals surface area contributed by atoms with Crippen molar-refractivity contribution in [3.05, 3.63) is 0 Å². The summed E-state index contributed by atoms with van der Waals surface area (Å²) >= 11 is 1.98. The number of nitrogens with zero attached hydrogens (tertiary/aromatic N) is 1. The van der Waals surface area contributed by atoms with Crippen LogP contribution in [-0.2, 0) is 4.79 Å². The van der Waals surface area contributed by atoms with E-state index in [0.29, 0.717) is 24.9 Å². The largest absolute Gasteiger partial charge is 0.395 e. The van der Waals surface area contributed by atoms with Gasteiger partial charge in [-0.2, -0.15) is 11.8 Å². The highest BCUT2D eigenvalue weighted by molar-refractivity contribution is 7.99. The number of carbonyl (C=O) groups is 1. The molecule has 0 aromatic carbocycles. The highest BCUT2D eigenvalue weighted by Crippen LogP contribution is 2.28. The molecule has 2 rings (SSSR count). The molecule has 0 radical (unpaired) electrons. The minimum Gasteiger partial charge on any atom is -0.395 e. The number of aliphatic hydroxyl groups is 1. The van der Waals surface area contributed by atoms with Crippen molar-refractivity contribution in [2.24, 2.45) is 5.92 Å². The van der Waals surface area contributed by atoms with Gasteiger partial charge >= 0.3 is 0 Å². The van der Waals surface area contributed by atoms with Crippen LogP contribution >= 0.6 is 11.8 Å². The topological polar surface area (TPSA) is 40.5 Å². The van der Waals surface area contributed by atoms with Gasteiger partial charge in [0, 0.05) is 19.0 Å². The summed E-state index contributed by atoms with van der Waals surface area (Å²) < 4.78 is 0. The number of aliphatic hydroxyl groups excluding tert-OH is 1. The normalized spacial score (nSPS) is 22.4. The Bertz CT molecular complexity index is 273. The summed E-state index contributed by atoms with van der Waals surface area (Å²) in [4.78, 5) is 14.5. The van der Waals surface area contributed by atoms with Crippen LogP contribution in [0.4, 0.5) is 0 Å². The smallest absolute Gasteiger partial charge is 0.223 e. The van der Waals surface area contributed by atoms with Gasteiger partial charge in [-0.15, -0.1) is 0 Å². The molecule has 2 aliphatic rings. The van der Waals surface area contributed by atoms with E-state index in [4.69, 9.17) is 0 Å². The quantitative estimate of drug-likeness (QED) is 0.844. The van der Waals surface area contributed by atoms with E-state index in [1.54, 1.807) is 0 Å². The summed E-state index contributed by atoms with van der Waals surface area (Å²) in [5, 5.41) is 9.22. The molecule has 3 nitrogen and oxygen atoms in total. The Kier molecular flexibility index (Phi) is 6.51. The van der Waals surface area contributed by atoms with Crippen LogP contribution in [0, 0.1) is 5.92 Å². The average Bonchev–Trinajstić information content (AvgIpc) is 2.46. The Morgan fingerprint density at radius 2 is 1.79 bits per heavy atom. The van der Waals surface area contributed by atoms with Gasteiger partial charge in [-0.3, -0.25) is 4.79 Å². The molecule has 1 aliphatic heterocycles. The molecule has 1 aliphatic carbocycles. The van der Waals surface area contributed by atoms with Crippen molar-refractivity contribution in [1.82, 2.24) is 4.90 Å². The Morgan fingerprint density at radius 3 is 2.42 bits per heavy atom. The molecule has 1 amide bonds. The fraction of sp³-hybridized carbons (Fsp3) is 0.933. The predicted octanol–water partition coefficient (Wildman–Crippen LogP) is 2.67. The van der Waals surface area contributed by atoms with E-state index in [9.17, 15) is 9.90 Å². The van der Waals surface area contributed by atoms with Gasteiger partial charge < -0.3 is 10.0 Å². The fourth-order valence-electron chi connectivity index (χ4n) is 3.37. The van der Waals surface area contributed by atoms with E-state index < -0.39 is 0 Å². The van der Waals surface area contributed by atoms with E-state index in [1.165, 1.54) is 32.1 Å². The zero-order chi connectivity index (χ0) is 13.5. The highest BCUT2D eigenvalue weighted by Gasteiger charge is 2.27. The van der Waals surface area contributed by atoms with Crippen molar-refractivity contribution in [3.8, 4) is 0 Å². The van der Waals surface area contributed by atoms with E-state index >= 15 is 0 Å². The van der Waals surface area contributed by atoms with Gasteiger partial charge in [0.05, 0.1) is 6.61 Å². The van der Waals surface area contributed by atoms with Gasteiger partial charge in [0.1, 0.15) is 0 Å². The maximum Gasteiger partial charge on any atom is 0.223 e. The molecule has 0 bridgehead atoms. The van der Waals surface area contributed by atoms with Crippen LogP contribution < -0.4 is 0 Å². The molecule has 0 atom stereocenters. The van der Waals surface area contributed by atoms with Crippen LogP contribution in [-0.4, -0.2) is 46.6 Å². The third kappa shape index (κ3) is 4.67. The minimum absolute atomic E-state index is 0.0973. The first-order chi connectivity index (χ1) is 9.31. The summed E-state index contributed by atoms with van der Waals surface area (Å²) in [6.07, 6.45) is 9.27. The lowest BCUT2D eigenvalue weighted by atomic mass is 9.86. The van der Waals surface area contributed by atoms with Crippen LogP contribution in [0.1, 0.15) is 51.4 Å². The van der Waals surface area contributed by atoms with E-state index in [-0.39, 0.29) is 12.5 Å². The molecule has 0 spiro atoms. The summed E-state index contributed by atoms with van der Waals surface area (Å²) in [7, 11) is 0. The third-order valence-corrected chi connectivity index (χ3v) is 5.53. The maximum atomic E-state index is 12.5. The molecule has 19 heavy (non-hydrogen) atoms. The Labute approximate surface area is 121 Å². The van der Waals surface area contributed by atoms with Crippen molar-refractivity contribution >= 4 is 17.7 Å². The number of thioether (sulfide) groups is 1. The molecular weight excluding hydrogens is 258 g/mol. The zero-order valence-corrected chi connectivity index (χ0v) is 12.7. The van der Waals surface area contributed by atoms with Gasteiger partial charge in [-0.1, -0.05) is 19.3 Å². The molecule has 0 aromatic rings. The lowest BCUT2D eigenvalue weighted by molar-refractivity contribution is -0.135. The van der Waals surface area contributed by atoms with E-state index in [1.807, 2.05) is 16.7 Å². The summed E-state index contributed by atoms with van der Waals surface area (Å²) in [6, 6.07) is 0.379. The van der Waals surface area contributed by atoms with Crippen LogP contribution in [0.25, 0.3) is 0 Å². The number of hydrogen-bond acceptors (Lipinski definition) is 3. The number of rotatable bonds is 5. The first kappa shape index (κ1) is 15.2. The number of hydrogen-bond donors (Lipinski definition) is 1.